The Balaban J connectivity index is 2.39. The Hall–Kier alpha value is -0.650. The Morgan fingerprint density at radius 3 is 2.82 bits per heavy atom. The quantitative estimate of drug-likeness (QED) is 0.556. The number of carbonyl (C=O) groups is 1. The van der Waals surface area contributed by atoms with Gasteiger partial charge in [-0.3, -0.25) is 9.69 Å². The van der Waals surface area contributed by atoms with Crippen LogP contribution in [0.5, 0.6) is 0 Å². The van der Waals surface area contributed by atoms with Gasteiger partial charge in [0.25, 0.3) is 0 Å². The summed E-state index contributed by atoms with van der Waals surface area (Å²) in [7, 11) is 0. The molecular weight excluding hydrogens is 220 g/mol. The summed E-state index contributed by atoms with van der Waals surface area (Å²) in [4.78, 5) is 12.7. The lowest BCUT2D eigenvalue weighted by Crippen LogP contribution is -2.50. The Morgan fingerprint density at radius 2 is 2.24 bits per heavy atom. The largest absolute Gasteiger partial charge is 0.480 e. The van der Waals surface area contributed by atoms with E-state index in [9.17, 15) is 4.79 Å². The smallest absolute Gasteiger partial charge is 0.317 e. The van der Waals surface area contributed by atoms with Crippen molar-refractivity contribution >= 4 is 5.97 Å². The van der Waals surface area contributed by atoms with Crippen molar-refractivity contribution in [3.8, 4) is 0 Å². The number of hydrogen-bond acceptors (Lipinski definition) is 4. The van der Waals surface area contributed by atoms with Gasteiger partial charge in [-0.05, 0) is 25.3 Å². The van der Waals surface area contributed by atoms with E-state index in [-0.39, 0.29) is 13.2 Å². The van der Waals surface area contributed by atoms with E-state index in [0.717, 1.165) is 38.9 Å². The topological polar surface area (TPSA) is 72.8 Å². The minimum Gasteiger partial charge on any atom is -0.480 e. The average molecular weight is 244 g/mol. The van der Waals surface area contributed by atoms with Gasteiger partial charge in [0, 0.05) is 25.7 Å². The minimum absolute atomic E-state index is 0.134. The monoisotopic (exact) mass is 244 g/mol. The van der Waals surface area contributed by atoms with Crippen LogP contribution in [-0.2, 0) is 4.79 Å². The van der Waals surface area contributed by atoms with E-state index < -0.39 is 5.97 Å². The van der Waals surface area contributed by atoms with Crippen LogP contribution in [0.15, 0.2) is 0 Å². The summed E-state index contributed by atoms with van der Waals surface area (Å²) in [5.41, 5.74) is 0. The Kier molecular flexibility index (Phi) is 6.47. The van der Waals surface area contributed by atoms with Crippen molar-refractivity contribution in [3.05, 3.63) is 0 Å². The molecule has 0 aromatic rings. The third-order valence-corrected chi connectivity index (χ3v) is 3.32. The Morgan fingerprint density at radius 1 is 1.47 bits per heavy atom. The standard InChI is InChI=1S/C12H24N2O3/c1-2-10-6-11(13-4-3-5-15)8-14(7-10)9-12(16)17/h10-11,13,15H,2-9H2,1H3,(H,16,17). The lowest BCUT2D eigenvalue weighted by molar-refractivity contribution is -0.138. The summed E-state index contributed by atoms with van der Waals surface area (Å²) in [6, 6.07) is 0.361. The van der Waals surface area contributed by atoms with Crippen LogP contribution in [0, 0.1) is 5.92 Å². The van der Waals surface area contributed by atoms with E-state index >= 15 is 0 Å². The summed E-state index contributed by atoms with van der Waals surface area (Å²) < 4.78 is 0. The predicted octanol–water partition coefficient (Wildman–Crippen LogP) is 0.144. The zero-order valence-corrected chi connectivity index (χ0v) is 10.6. The third kappa shape index (κ3) is 5.48. The van der Waals surface area contributed by atoms with Gasteiger partial charge < -0.3 is 15.5 Å². The lowest BCUT2D eigenvalue weighted by atomic mass is 9.92. The fourth-order valence-corrected chi connectivity index (χ4v) is 2.45. The normalized spacial score (nSPS) is 26.0. The first kappa shape index (κ1) is 14.4. The number of piperidine rings is 1. The highest BCUT2D eigenvalue weighted by Crippen LogP contribution is 2.19. The predicted molar refractivity (Wildman–Crippen MR) is 66.0 cm³/mol. The lowest BCUT2D eigenvalue weighted by Gasteiger charge is -2.37. The van der Waals surface area contributed by atoms with E-state index in [4.69, 9.17) is 10.2 Å². The van der Waals surface area contributed by atoms with E-state index in [1.807, 2.05) is 4.90 Å². The SMILES string of the molecule is CCC1CC(NCCCO)CN(CC(=O)O)C1. The van der Waals surface area contributed by atoms with Crippen molar-refractivity contribution in [1.82, 2.24) is 10.2 Å². The molecule has 3 N–H and O–H groups in total. The molecule has 17 heavy (non-hydrogen) atoms. The molecule has 1 aliphatic heterocycles. The summed E-state index contributed by atoms with van der Waals surface area (Å²) in [5, 5.41) is 21.0. The molecule has 5 nitrogen and oxygen atoms in total. The molecule has 0 aliphatic carbocycles. The molecule has 100 valence electrons. The van der Waals surface area contributed by atoms with Crippen molar-refractivity contribution in [1.29, 1.82) is 0 Å². The molecule has 1 aliphatic rings. The van der Waals surface area contributed by atoms with Crippen LogP contribution in [0.4, 0.5) is 0 Å². The first-order valence-electron chi connectivity index (χ1n) is 6.44. The number of hydrogen-bond donors (Lipinski definition) is 3. The molecular formula is C12H24N2O3. The number of likely N-dealkylation sites (tertiary alicyclic amines) is 1. The molecule has 0 spiro atoms. The van der Waals surface area contributed by atoms with E-state index in [1.54, 1.807) is 0 Å². The van der Waals surface area contributed by atoms with Gasteiger partial charge in [0.05, 0.1) is 6.54 Å². The maximum absolute atomic E-state index is 10.7. The molecule has 0 radical (unpaired) electrons. The van der Waals surface area contributed by atoms with Gasteiger partial charge in [0.15, 0.2) is 0 Å². The molecule has 1 heterocycles. The highest BCUT2D eigenvalue weighted by molar-refractivity contribution is 5.69. The first-order chi connectivity index (χ1) is 8.15. The number of carboxylic acid groups (broad SMARTS) is 1. The number of rotatable bonds is 7. The van der Waals surface area contributed by atoms with Gasteiger partial charge in [-0.25, -0.2) is 0 Å². The molecule has 0 saturated carbocycles. The van der Waals surface area contributed by atoms with Gasteiger partial charge in [-0.1, -0.05) is 13.3 Å². The summed E-state index contributed by atoms with van der Waals surface area (Å²) in [6.07, 6.45) is 2.96. The first-order valence-corrected chi connectivity index (χ1v) is 6.44. The van der Waals surface area contributed by atoms with E-state index in [2.05, 4.69) is 12.2 Å². The van der Waals surface area contributed by atoms with Gasteiger partial charge in [-0.15, -0.1) is 0 Å². The van der Waals surface area contributed by atoms with Crippen LogP contribution >= 0.6 is 0 Å². The van der Waals surface area contributed by atoms with Crippen molar-refractivity contribution < 1.29 is 15.0 Å². The number of nitrogens with zero attached hydrogens (tertiary/aromatic N) is 1. The molecule has 5 heteroatoms. The molecule has 0 bridgehead atoms. The Labute approximate surface area is 103 Å². The molecule has 1 rings (SSSR count). The van der Waals surface area contributed by atoms with E-state index in [1.165, 1.54) is 0 Å². The third-order valence-electron chi connectivity index (χ3n) is 3.32. The summed E-state index contributed by atoms with van der Waals surface area (Å²) >= 11 is 0. The highest BCUT2D eigenvalue weighted by atomic mass is 16.4. The van der Waals surface area contributed by atoms with Crippen molar-refractivity contribution in [2.45, 2.75) is 32.2 Å². The zero-order valence-electron chi connectivity index (χ0n) is 10.6. The molecule has 0 aromatic heterocycles. The number of carboxylic acids is 1. The second-order valence-corrected chi connectivity index (χ2v) is 4.83. The second kappa shape index (κ2) is 7.63. The van der Waals surface area contributed by atoms with Crippen molar-refractivity contribution in [3.63, 3.8) is 0 Å². The van der Waals surface area contributed by atoms with Crippen molar-refractivity contribution in [2.24, 2.45) is 5.92 Å². The van der Waals surface area contributed by atoms with Crippen molar-refractivity contribution in [2.75, 3.05) is 32.8 Å². The van der Waals surface area contributed by atoms with Gasteiger partial charge >= 0.3 is 5.97 Å². The number of nitrogens with one attached hydrogen (secondary N) is 1. The summed E-state index contributed by atoms with van der Waals surface area (Å²) in [6.45, 7) is 4.98. The van der Waals surface area contributed by atoms with Crippen LogP contribution in [0.3, 0.4) is 0 Å². The molecule has 2 atom stereocenters. The number of aliphatic hydroxyl groups excluding tert-OH is 1. The minimum atomic E-state index is -0.754. The molecule has 0 amide bonds. The fraction of sp³-hybridized carbons (Fsp3) is 0.917. The molecule has 1 fully saturated rings. The number of aliphatic hydroxyl groups is 1. The van der Waals surface area contributed by atoms with Crippen LogP contribution in [0.1, 0.15) is 26.2 Å². The van der Waals surface area contributed by atoms with Gasteiger partial charge in [-0.2, -0.15) is 0 Å². The Bertz CT molecular complexity index is 236. The maximum atomic E-state index is 10.7. The molecule has 1 saturated heterocycles. The van der Waals surface area contributed by atoms with Crippen LogP contribution in [-0.4, -0.2) is 59.9 Å². The number of aliphatic carboxylic acids is 1. The van der Waals surface area contributed by atoms with Crippen LogP contribution in [0.2, 0.25) is 0 Å². The van der Waals surface area contributed by atoms with Crippen LogP contribution in [0.25, 0.3) is 0 Å². The van der Waals surface area contributed by atoms with Gasteiger partial charge in [0.2, 0.25) is 0 Å². The molecule has 0 aromatic carbocycles. The zero-order chi connectivity index (χ0) is 12.7. The average Bonchev–Trinajstić information content (AvgIpc) is 2.28. The molecule has 2 unspecified atom stereocenters. The summed E-state index contributed by atoms with van der Waals surface area (Å²) in [5.74, 6) is -0.175. The highest BCUT2D eigenvalue weighted by Gasteiger charge is 2.26. The van der Waals surface area contributed by atoms with Crippen LogP contribution < -0.4 is 5.32 Å². The van der Waals surface area contributed by atoms with Gasteiger partial charge in [0.1, 0.15) is 0 Å². The second-order valence-electron chi connectivity index (χ2n) is 4.83. The fourth-order valence-electron chi connectivity index (χ4n) is 2.45. The maximum Gasteiger partial charge on any atom is 0.317 e. The van der Waals surface area contributed by atoms with E-state index in [0.29, 0.717) is 12.0 Å².